The van der Waals surface area contributed by atoms with E-state index in [1.54, 1.807) is 10.8 Å². The third-order valence-corrected chi connectivity index (χ3v) is 5.08. The zero-order valence-electron chi connectivity index (χ0n) is 14.0. The Kier molecular flexibility index (Phi) is 3.93. The molecule has 3 heterocycles. The molecule has 6 heteroatoms. The number of rotatable bonds is 3. The highest BCUT2D eigenvalue weighted by Gasteiger charge is 2.19. The summed E-state index contributed by atoms with van der Waals surface area (Å²) >= 11 is 1.42. The lowest BCUT2D eigenvalue weighted by atomic mass is 10.2. The molecule has 0 N–H and O–H groups in total. The van der Waals surface area contributed by atoms with Crippen LogP contribution in [0, 0.1) is 0 Å². The van der Waals surface area contributed by atoms with Gasteiger partial charge in [0.25, 0.3) is 5.56 Å². The van der Waals surface area contributed by atoms with E-state index in [2.05, 4.69) is 4.98 Å². The number of allylic oxidation sites excluding steroid dienone is 2. The molecule has 3 aromatic rings. The van der Waals surface area contributed by atoms with E-state index in [1.165, 1.54) is 11.3 Å². The molecule has 120 valence electrons. The van der Waals surface area contributed by atoms with Gasteiger partial charge in [0.1, 0.15) is 20.9 Å². The fourth-order valence-electron chi connectivity index (χ4n) is 2.74. The van der Waals surface area contributed by atoms with Gasteiger partial charge in [-0.3, -0.25) is 9.36 Å². The lowest BCUT2D eigenvalue weighted by Gasteiger charge is -2.14. The number of pyridine rings is 1. The third-order valence-electron chi connectivity index (χ3n) is 4.01. The molecule has 23 heavy (non-hydrogen) atoms. The van der Waals surface area contributed by atoms with Crippen LogP contribution < -0.4 is 10.5 Å². The van der Waals surface area contributed by atoms with Gasteiger partial charge in [-0.05, 0) is 19.9 Å². The zero-order valence-corrected chi connectivity index (χ0v) is 14.9. The minimum atomic E-state index is -0.00449. The van der Waals surface area contributed by atoms with Crippen LogP contribution in [0.3, 0.4) is 0 Å². The predicted molar refractivity (Wildman–Crippen MR) is 98.5 cm³/mol. The van der Waals surface area contributed by atoms with Gasteiger partial charge in [0.2, 0.25) is 0 Å². The molecule has 0 aliphatic carbocycles. The van der Waals surface area contributed by atoms with E-state index in [0.717, 1.165) is 32.9 Å². The molecule has 0 spiro atoms. The summed E-state index contributed by atoms with van der Waals surface area (Å²) in [6, 6.07) is 1.96. The highest BCUT2D eigenvalue weighted by Crippen LogP contribution is 2.35. The molecule has 0 fully saturated rings. The second-order valence-electron chi connectivity index (χ2n) is 5.64. The molecule has 0 bridgehead atoms. The number of thiophene rings is 1. The molecule has 0 saturated carbocycles. The number of aryl methyl sites for hydroxylation is 1. The Balaban J connectivity index is 2.53. The van der Waals surface area contributed by atoms with Crippen LogP contribution in [0.2, 0.25) is 0 Å². The van der Waals surface area contributed by atoms with Crippen LogP contribution in [0.25, 0.3) is 26.1 Å². The van der Waals surface area contributed by atoms with Crippen molar-refractivity contribution < 1.29 is 0 Å². The molecular formula is C17H20N4OS. The van der Waals surface area contributed by atoms with Gasteiger partial charge in [0.05, 0.1) is 11.1 Å². The summed E-state index contributed by atoms with van der Waals surface area (Å²) in [6.07, 6.45) is 4.42. The molecule has 0 aromatic carbocycles. The van der Waals surface area contributed by atoms with Crippen LogP contribution in [-0.2, 0) is 6.42 Å². The fourth-order valence-corrected chi connectivity index (χ4v) is 3.78. The van der Waals surface area contributed by atoms with Crippen molar-refractivity contribution in [2.75, 3.05) is 19.0 Å². The van der Waals surface area contributed by atoms with Crippen LogP contribution in [0.4, 0.5) is 5.69 Å². The standard InChI is InChI=1S/C17H20N4OS/c1-6-10(3)21-12(7-2)19-14-13-11(20(4)5)8-9-18-16(13)23-15(14)17(21)22/h6,8-9H,7H2,1-5H3/b10-6+. The quantitative estimate of drug-likeness (QED) is 0.738. The average molecular weight is 328 g/mol. The first-order valence-electron chi connectivity index (χ1n) is 7.63. The van der Waals surface area contributed by atoms with E-state index >= 15 is 0 Å². The highest BCUT2D eigenvalue weighted by atomic mass is 32.1. The van der Waals surface area contributed by atoms with E-state index in [9.17, 15) is 4.79 Å². The molecule has 0 amide bonds. The molecule has 0 aliphatic rings. The molecule has 0 radical (unpaired) electrons. The van der Waals surface area contributed by atoms with E-state index in [-0.39, 0.29) is 5.56 Å². The van der Waals surface area contributed by atoms with E-state index in [4.69, 9.17) is 4.98 Å². The zero-order chi connectivity index (χ0) is 16.7. The number of fused-ring (bicyclic) bond motifs is 3. The summed E-state index contributed by atoms with van der Waals surface area (Å²) < 4.78 is 2.38. The largest absolute Gasteiger partial charge is 0.377 e. The average Bonchev–Trinajstić information content (AvgIpc) is 2.92. The molecule has 0 aliphatic heterocycles. The highest BCUT2D eigenvalue weighted by molar-refractivity contribution is 7.25. The molecule has 3 aromatic heterocycles. The van der Waals surface area contributed by atoms with E-state index < -0.39 is 0 Å². The number of hydrogen-bond donors (Lipinski definition) is 0. The molecule has 0 unspecified atom stereocenters. The maximum Gasteiger partial charge on any atom is 0.275 e. The molecular weight excluding hydrogens is 308 g/mol. The SMILES string of the molecule is C/C=C(\C)n1c(CC)nc2c(sc3nccc(N(C)C)c32)c1=O. The van der Waals surface area contributed by atoms with Crippen molar-refractivity contribution in [3.05, 3.63) is 34.5 Å². The van der Waals surface area contributed by atoms with E-state index in [0.29, 0.717) is 11.1 Å². The van der Waals surface area contributed by atoms with Crippen molar-refractivity contribution in [3.63, 3.8) is 0 Å². The Labute approximate surface area is 138 Å². The van der Waals surface area contributed by atoms with Crippen LogP contribution >= 0.6 is 11.3 Å². The molecule has 3 rings (SSSR count). The van der Waals surface area contributed by atoms with Crippen molar-refractivity contribution in [2.24, 2.45) is 0 Å². The second-order valence-corrected chi connectivity index (χ2v) is 6.64. The van der Waals surface area contributed by atoms with Crippen LogP contribution in [-0.4, -0.2) is 28.6 Å². The van der Waals surface area contributed by atoms with Crippen molar-refractivity contribution >= 4 is 43.2 Å². The monoisotopic (exact) mass is 328 g/mol. The van der Waals surface area contributed by atoms with Crippen LogP contribution in [0.5, 0.6) is 0 Å². The Morgan fingerprint density at radius 1 is 1.43 bits per heavy atom. The van der Waals surface area contributed by atoms with Crippen molar-refractivity contribution in [1.82, 2.24) is 14.5 Å². The minimum Gasteiger partial charge on any atom is -0.377 e. The van der Waals surface area contributed by atoms with Gasteiger partial charge in [0.15, 0.2) is 0 Å². The molecule has 0 saturated heterocycles. The summed E-state index contributed by atoms with van der Waals surface area (Å²) in [5.74, 6) is 0.784. The first-order chi connectivity index (χ1) is 11.0. The number of nitrogens with zero attached hydrogens (tertiary/aromatic N) is 4. The van der Waals surface area contributed by atoms with Gasteiger partial charge in [-0.25, -0.2) is 9.97 Å². The second kappa shape index (κ2) is 5.77. The Morgan fingerprint density at radius 2 is 2.17 bits per heavy atom. The number of anilines is 1. The van der Waals surface area contributed by atoms with Gasteiger partial charge < -0.3 is 4.90 Å². The number of hydrogen-bond acceptors (Lipinski definition) is 5. The van der Waals surface area contributed by atoms with Gasteiger partial charge in [-0.1, -0.05) is 13.0 Å². The summed E-state index contributed by atoms with van der Waals surface area (Å²) in [4.78, 5) is 25.2. The Hall–Kier alpha value is -2.21. The lowest BCUT2D eigenvalue weighted by Crippen LogP contribution is -2.23. The van der Waals surface area contributed by atoms with Crippen LogP contribution in [0.1, 0.15) is 26.6 Å². The van der Waals surface area contributed by atoms with E-state index in [1.807, 2.05) is 51.9 Å². The summed E-state index contributed by atoms with van der Waals surface area (Å²) in [5.41, 5.74) is 2.70. The lowest BCUT2D eigenvalue weighted by molar-refractivity contribution is 0.845. The topological polar surface area (TPSA) is 51.0 Å². The van der Waals surface area contributed by atoms with Crippen molar-refractivity contribution in [2.45, 2.75) is 27.2 Å². The Morgan fingerprint density at radius 3 is 2.78 bits per heavy atom. The maximum atomic E-state index is 13.0. The summed E-state index contributed by atoms with van der Waals surface area (Å²) in [5, 5.41) is 0.967. The van der Waals surface area contributed by atoms with Gasteiger partial charge in [0, 0.05) is 32.4 Å². The minimum absolute atomic E-state index is 0.00449. The normalized spacial score (nSPS) is 12.3. The van der Waals surface area contributed by atoms with Gasteiger partial charge in [-0.15, -0.1) is 11.3 Å². The van der Waals surface area contributed by atoms with Gasteiger partial charge >= 0.3 is 0 Å². The maximum absolute atomic E-state index is 13.0. The van der Waals surface area contributed by atoms with Crippen LogP contribution in [0.15, 0.2) is 23.1 Å². The summed E-state index contributed by atoms with van der Waals surface area (Å²) in [6.45, 7) is 5.89. The smallest absolute Gasteiger partial charge is 0.275 e. The third kappa shape index (κ3) is 2.34. The fraction of sp³-hybridized carbons (Fsp3) is 0.353. The molecule has 0 atom stereocenters. The first kappa shape index (κ1) is 15.7. The Bertz CT molecular complexity index is 982. The van der Waals surface area contributed by atoms with Crippen molar-refractivity contribution in [3.8, 4) is 0 Å². The van der Waals surface area contributed by atoms with Gasteiger partial charge in [-0.2, -0.15) is 0 Å². The number of aromatic nitrogens is 3. The molecule has 5 nitrogen and oxygen atoms in total. The first-order valence-corrected chi connectivity index (χ1v) is 8.45. The van der Waals surface area contributed by atoms with Crippen molar-refractivity contribution in [1.29, 1.82) is 0 Å². The predicted octanol–water partition coefficient (Wildman–Crippen LogP) is 3.52. The summed E-state index contributed by atoms with van der Waals surface area (Å²) in [7, 11) is 3.98.